The average molecular weight is 282 g/mol. The van der Waals surface area contributed by atoms with Gasteiger partial charge in [0.15, 0.2) is 0 Å². The summed E-state index contributed by atoms with van der Waals surface area (Å²) >= 11 is 3.14. The lowest BCUT2D eigenvalue weighted by Crippen LogP contribution is -2.20. The minimum atomic E-state index is -3.42. The van der Waals surface area contributed by atoms with Crippen LogP contribution in [0.15, 0.2) is 22.7 Å². The van der Waals surface area contributed by atoms with Crippen LogP contribution in [0.4, 0.5) is 4.39 Å². The summed E-state index contributed by atoms with van der Waals surface area (Å²) in [5.41, 5.74) is 0.147. The van der Waals surface area contributed by atoms with Crippen LogP contribution in [-0.2, 0) is 15.8 Å². The molecule has 1 rings (SSSR count). The Labute approximate surface area is 90.5 Å². The van der Waals surface area contributed by atoms with E-state index >= 15 is 0 Å². The first-order valence-electron chi connectivity index (χ1n) is 3.80. The van der Waals surface area contributed by atoms with Gasteiger partial charge in [-0.05, 0) is 25.2 Å². The third-order valence-electron chi connectivity index (χ3n) is 1.66. The molecular weight excluding hydrogens is 273 g/mol. The van der Waals surface area contributed by atoms with Crippen molar-refractivity contribution in [1.29, 1.82) is 0 Å². The Morgan fingerprint density at radius 3 is 2.71 bits per heavy atom. The van der Waals surface area contributed by atoms with Gasteiger partial charge in [-0.25, -0.2) is 17.5 Å². The Hall–Kier alpha value is -0.460. The van der Waals surface area contributed by atoms with Crippen LogP contribution in [-0.4, -0.2) is 15.5 Å². The Kier molecular flexibility index (Phi) is 3.63. The number of sulfonamides is 1. The highest BCUT2D eigenvalue weighted by Crippen LogP contribution is 2.17. The van der Waals surface area contributed by atoms with Crippen molar-refractivity contribution in [2.24, 2.45) is 0 Å². The van der Waals surface area contributed by atoms with Gasteiger partial charge in [0.1, 0.15) is 5.82 Å². The summed E-state index contributed by atoms with van der Waals surface area (Å²) in [6.07, 6.45) is 0. The third kappa shape index (κ3) is 3.04. The molecule has 0 aromatic heterocycles. The van der Waals surface area contributed by atoms with Gasteiger partial charge >= 0.3 is 0 Å². The zero-order valence-electron chi connectivity index (χ0n) is 7.42. The molecule has 0 atom stereocenters. The van der Waals surface area contributed by atoms with E-state index in [0.717, 1.165) is 0 Å². The molecule has 0 bridgehead atoms. The number of hydrogen-bond acceptors (Lipinski definition) is 2. The van der Waals surface area contributed by atoms with Gasteiger partial charge in [0.25, 0.3) is 0 Å². The number of nitrogens with one attached hydrogen (secondary N) is 1. The van der Waals surface area contributed by atoms with Crippen LogP contribution in [0.2, 0.25) is 0 Å². The summed E-state index contributed by atoms with van der Waals surface area (Å²) in [6.45, 7) is 0. The van der Waals surface area contributed by atoms with Crippen LogP contribution >= 0.6 is 15.9 Å². The zero-order chi connectivity index (χ0) is 10.8. The van der Waals surface area contributed by atoms with E-state index in [0.29, 0.717) is 4.47 Å². The first kappa shape index (κ1) is 11.6. The molecule has 1 aromatic rings. The lowest BCUT2D eigenvalue weighted by Gasteiger charge is -2.04. The molecule has 0 heterocycles. The maximum atomic E-state index is 13.1. The summed E-state index contributed by atoms with van der Waals surface area (Å²) in [4.78, 5) is 0. The van der Waals surface area contributed by atoms with E-state index in [4.69, 9.17) is 0 Å². The first-order valence-corrected chi connectivity index (χ1v) is 6.24. The molecule has 6 heteroatoms. The fourth-order valence-corrected chi connectivity index (χ4v) is 2.11. The molecule has 0 aliphatic carbocycles. The summed E-state index contributed by atoms with van der Waals surface area (Å²) in [5.74, 6) is -0.874. The second kappa shape index (κ2) is 4.37. The molecule has 0 unspecified atom stereocenters. The van der Waals surface area contributed by atoms with Gasteiger partial charge < -0.3 is 0 Å². The Morgan fingerprint density at radius 2 is 2.14 bits per heavy atom. The van der Waals surface area contributed by atoms with Gasteiger partial charge in [-0.3, -0.25) is 0 Å². The second-order valence-corrected chi connectivity index (χ2v) is 5.54. The molecular formula is C8H9BrFNO2S. The Bertz CT molecular complexity index is 433. The predicted molar refractivity (Wildman–Crippen MR) is 55.8 cm³/mol. The molecule has 0 radical (unpaired) electrons. The molecule has 0 saturated carbocycles. The normalized spacial score (nSPS) is 11.6. The van der Waals surface area contributed by atoms with Crippen LogP contribution in [0, 0.1) is 5.82 Å². The van der Waals surface area contributed by atoms with E-state index in [9.17, 15) is 12.8 Å². The fourth-order valence-electron chi connectivity index (χ4n) is 0.931. The van der Waals surface area contributed by atoms with Crippen molar-refractivity contribution in [2.45, 2.75) is 5.75 Å². The van der Waals surface area contributed by atoms with Gasteiger partial charge in [0.05, 0.1) is 5.75 Å². The summed E-state index contributed by atoms with van der Waals surface area (Å²) in [6, 6.07) is 4.19. The summed E-state index contributed by atoms with van der Waals surface area (Å²) < 4.78 is 38.2. The monoisotopic (exact) mass is 281 g/mol. The molecule has 3 nitrogen and oxygen atoms in total. The standard InChI is InChI=1S/C8H9BrFNO2S/c1-11-14(12,13)5-6-4-7(9)2-3-8(6)10/h2-4,11H,5H2,1H3. The summed E-state index contributed by atoms with van der Waals surface area (Å²) in [7, 11) is -2.13. The second-order valence-electron chi connectivity index (χ2n) is 2.70. The predicted octanol–water partition coefficient (Wildman–Crippen LogP) is 1.64. The van der Waals surface area contributed by atoms with Crippen LogP contribution in [0.1, 0.15) is 5.56 Å². The Balaban J connectivity index is 3.03. The topological polar surface area (TPSA) is 46.2 Å². The molecule has 0 fully saturated rings. The van der Waals surface area contributed by atoms with Crippen molar-refractivity contribution in [3.8, 4) is 0 Å². The maximum Gasteiger partial charge on any atom is 0.215 e. The quantitative estimate of drug-likeness (QED) is 0.916. The van der Waals surface area contributed by atoms with Gasteiger partial charge in [-0.15, -0.1) is 0 Å². The molecule has 0 amide bonds. The SMILES string of the molecule is CNS(=O)(=O)Cc1cc(Br)ccc1F. The Morgan fingerprint density at radius 1 is 1.50 bits per heavy atom. The van der Waals surface area contributed by atoms with Crippen molar-refractivity contribution in [2.75, 3.05) is 7.05 Å². The van der Waals surface area contributed by atoms with Crippen molar-refractivity contribution in [3.05, 3.63) is 34.1 Å². The molecule has 14 heavy (non-hydrogen) atoms. The number of benzene rings is 1. The zero-order valence-corrected chi connectivity index (χ0v) is 9.82. The molecule has 1 aromatic carbocycles. The van der Waals surface area contributed by atoms with E-state index in [1.807, 2.05) is 0 Å². The minimum Gasteiger partial charge on any atom is -0.218 e. The lowest BCUT2D eigenvalue weighted by molar-refractivity contribution is 0.580. The van der Waals surface area contributed by atoms with Crippen LogP contribution in [0.3, 0.4) is 0 Å². The minimum absolute atomic E-state index is 0.147. The molecule has 1 N–H and O–H groups in total. The van der Waals surface area contributed by atoms with E-state index in [1.165, 1.54) is 25.2 Å². The van der Waals surface area contributed by atoms with Gasteiger partial charge in [-0.1, -0.05) is 15.9 Å². The van der Waals surface area contributed by atoms with Crippen LogP contribution in [0.25, 0.3) is 0 Å². The van der Waals surface area contributed by atoms with E-state index in [-0.39, 0.29) is 11.3 Å². The van der Waals surface area contributed by atoms with Crippen molar-refractivity contribution in [3.63, 3.8) is 0 Å². The van der Waals surface area contributed by atoms with Crippen molar-refractivity contribution < 1.29 is 12.8 Å². The molecule has 0 aliphatic rings. The molecule has 78 valence electrons. The first-order chi connectivity index (χ1) is 6.44. The van der Waals surface area contributed by atoms with Gasteiger partial charge in [0.2, 0.25) is 10.0 Å². The smallest absolute Gasteiger partial charge is 0.215 e. The largest absolute Gasteiger partial charge is 0.218 e. The molecule has 0 spiro atoms. The maximum absolute atomic E-state index is 13.1. The van der Waals surface area contributed by atoms with Crippen molar-refractivity contribution in [1.82, 2.24) is 4.72 Å². The highest BCUT2D eigenvalue weighted by atomic mass is 79.9. The molecule has 0 aliphatic heterocycles. The molecule has 0 saturated heterocycles. The van der Waals surface area contributed by atoms with Gasteiger partial charge in [0, 0.05) is 10.0 Å². The number of rotatable bonds is 3. The van der Waals surface area contributed by atoms with E-state index in [2.05, 4.69) is 20.7 Å². The number of hydrogen-bond donors (Lipinski definition) is 1. The van der Waals surface area contributed by atoms with E-state index in [1.54, 1.807) is 0 Å². The number of halogens is 2. The average Bonchev–Trinajstić information content (AvgIpc) is 2.11. The van der Waals surface area contributed by atoms with Crippen molar-refractivity contribution >= 4 is 26.0 Å². The third-order valence-corrected chi connectivity index (χ3v) is 3.47. The van der Waals surface area contributed by atoms with E-state index < -0.39 is 15.8 Å². The fraction of sp³-hybridized carbons (Fsp3) is 0.250. The highest BCUT2D eigenvalue weighted by molar-refractivity contribution is 9.10. The summed E-state index contributed by atoms with van der Waals surface area (Å²) in [5, 5.41) is 0. The van der Waals surface area contributed by atoms with Crippen LogP contribution in [0.5, 0.6) is 0 Å². The van der Waals surface area contributed by atoms with Gasteiger partial charge in [-0.2, -0.15) is 0 Å². The lowest BCUT2D eigenvalue weighted by atomic mass is 10.2. The van der Waals surface area contributed by atoms with Crippen LogP contribution < -0.4 is 4.72 Å². The highest BCUT2D eigenvalue weighted by Gasteiger charge is 2.12.